The minimum absolute atomic E-state index is 0.152. The first kappa shape index (κ1) is 16.0. The Morgan fingerprint density at radius 1 is 1.41 bits per heavy atom. The van der Waals surface area contributed by atoms with Crippen LogP contribution in [-0.4, -0.2) is 14.7 Å². The molecule has 0 aliphatic heterocycles. The molecule has 1 atom stereocenters. The molecular formula is C18H21FN2O. The maximum absolute atomic E-state index is 14.2. The highest BCUT2D eigenvalue weighted by molar-refractivity contribution is 5.59. The lowest BCUT2D eigenvalue weighted by atomic mass is 10.0. The molecule has 0 saturated heterocycles. The SMILES string of the molecule is C=C(C)/C=C(/F)[C@@H](CC)Cn1cncc1-c1ccc(O)cc1. The molecule has 0 unspecified atom stereocenters. The quantitative estimate of drug-likeness (QED) is 0.784. The lowest BCUT2D eigenvalue weighted by Gasteiger charge is -2.16. The zero-order chi connectivity index (χ0) is 16.1. The average molecular weight is 300 g/mol. The van der Waals surface area contributed by atoms with E-state index in [1.54, 1.807) is 31.6 Å². The molecule has 0 saturated carbocycles. The van der Waals surface area contributed by atoms with Crippen molar-refractivity contribution in [1.82, 2.24) is 9.55 Å². The van der Waals surface area contributed by atoms with Crippen molar-refractivity contribution < 1.29 is 9.50 Å². The van der Waals surface area contributed by atoms with Gasteiger partial charge in [0.15, 0.2) is 0 Å². The van der Waals surface area contributed by atoms with E-state index in [-0.39, 0.29) is 17.5 Å². The van der Waals surface area contributed by atoms with Gasteiger partial charge in [-0.2, -0.15) is 0 Å². The summed E-state index contributed by atoms with van der Waals surface area (Å²) < 4.78 is 16.2. The van der Waals surface area contributed by atoms with Crippen LogP contribution in [0.4, 0.5) is 4.39 Å². The number of nitrogens with zero attached hydrogens (tertiary/aromatic N) is 2. The first-order valence-corrected chi connectivity index (χ1v) is 7.33. The molecule has 4 heteroatoms. The van der Waals surface area contributed by atoms with Gasteiger partial charge in [-0.3, -0.25) is 0 Å². The summed E-state index contributed by atoms with van der Waals surface area (Å²) >= 11 is 0. The van der Waals surface area contributed by atoms with Crippen molar-refractivity contribution in [3.05, 3.63) is 60.8 Å². The Labute approximate surface area is 130 Å². The van der Waals surface area contributed by atoms with Gasteiger partial charge in [0.1, 0.15) is 11.6 Å². The van der Waals surface area contributed by atoms with Crippen molar-refractivity contribution in [2.24, 2.45) is 5.92 Å². The number of aromatic hydroxyl groups is 1. The lowest BCUT2D eigenvalue weighted by molar-refractivity contribution is 0.404. The van der Waals surface area contributed by atoms with Gasteiger partial charge < -0.3 is 9.67 Å². The Kier molecular flexibility index (Phi) is 5.15. The second-order valence-electron chi connectivity index (χ2n) is 5.46. The van der Waals surface area contributed by atoms with Crippen molar-refractivity contribution >= 4 is 0 Å². The van der Waals surface area contributed by atoms with Gasteiger partial charge in [0.25, 0.3) is 0 Å². The van der Waals surface area contributed by atoms with E-state index >= 15 is 0 Å². The third kappa shape index (κ3) is 3.85. The summed E-state index contributed by atoms with van der Waals surface area (Å²) in [6.45, 7) is 7.99. The van der Waals surface area contributed by atoms with Gasteiger partial charge in [0, 0.05) is 18.0 Å². The van der Waals surface area contributed by atoms with Gasteiger partial charge >= 0.3 is 0 Å². The van der Waals surface area contributed by atoms with Crippen LogP contribution in [0.15, 0.2) is 60.8 Å². The molecule has 116 valence electrons. The molecule has 0 aliphatic carbocycles. The highest BCUT2D eigenvalue weighted by Gasteiger charge is 2.15. The molecule has 1 N–H and O–H groups in total. The van der Waals surface area contributed by atoms with Gasteiger partial charge in [-0.25, -0.2) is 9.37 Å². The molecule has 1 heterocycles. The molecule has 0 bridgehead atoms. The summed E-state index contributed by atoms with van der Waals surface area (Å²) in [5.74, 6) is -0.140. The number of allylic oxidation sites excluding steroid dienone is 3. The van der Waals surface area contributed by atoms with Crippen LogP contribution in [-0.2, 0) is 6.54 Å². The van der Waals surface area contributed by atoms with Crippen LogP contribution in [0.2, 0.25) is 0 Å². The maximum atomic E-state index is 14.2. The fourth-order valence-corrected chi connectivity index (χ4v) is 2.34. The van der Waals surface area contributed by atoms with Crippen molar-refractivity contribution in [2.75, 3.05) is 0 Å². The van der Waals surface area contributed by atoms with Gasteiger partial charge in [-0.1, -0.05) is 19.1 Å². The second kappa shape index (κ2) is 7.07. The smallest absolute Gasteiger partial charge is 0.115 e. The first-order chi connectivity index (χ1) is 10.5. The minimum Gasteiger partial charge on any atom is -0.508 e. The minimum atomic E-state index is -0.207. The zero-order valence-electron chi connectivity index (χ0n) is 13.0. The van der Waals surface area contributed by atoms with Gasteiger partial charge in [-0.05, 0) is 43.7 Å². The molecule has 0 radical (unpaired) electrons. The van der Waals surface area contributed by atoms with Crippen LogP contribution in [0.25, 0.3) is 11.3 Å². The molecule has 22 heavy (non-hydrogen) atoms. The molecule has 0 spiro atoms. The van der Waals surface area contributed by atoms with Crippen LogP contribution < -0.4 is 0 Å². The number of hydrogen-bond donors (Lipinski definition) is 1. The van der Waals surface area contributed by atoms with E-state index in [0.29, 0.717) is 18.5 Å². The predicted molar refractivity (Wildman–Crippen MR) is 87.1 cm³/mol. The van der Waals surface area contributed by atoms with Crippen LogP contribution in [0.5, 0.6) is 5.75 Å². The lowest BCUT2D eigenvalue weighted by Crippen LogP contribution is -2.11. The van der Waals surface area contributed by atoms with Crippen LogP contribution in [0.3, 0.4) is 0 Å². The van der Waals surface area contributed by atoms with E-state index in [2.05, 4.69) is 11.6 Å². The summed E-state index contributed by atoms with van der Waals surface area (Å²) in [5, 5.41) is 9.38. The molecular weight excluding hydrogens is 279 g/mol. The van der Waals surface area contributed by atoms with E-state index in [9.17, 15) is 9.50 Å². The highest BCUT2D eigenvalue weighted by atomic mass is 19.1. The van der Waals surface area contributed by atoms with Crippen molar-refractivity contribution in [1.29, 1.82) is 0 Å². The largest absolute Gasteiger partial charge is 0.508 e. The van der Waals surface area contributed by atoms with E-state index in [1.807, 2.05) is 23.6 Å². The van der Waals surface area contributed by atoms with Crippen LogP contribution >= 0.6 is 0 Å². The molecule has 0 amide bonds. The van der Waals surface area contributed by atoms with E-state index in [0.717, 1.165) is 11.3 Å². The summed E-state index contributed by atoms with van der Waals surface area (Å²) in [6, 6.07) is 6.91. The summed E-state index contributed by atoms with van der Waals surface area (Å²) in [5.41, 5.74) is 2.55. The summed E-state index contributed by atoms with van der Waals surface area (Å²) in [4.78, 5) is 4.17. The maximum Gasteiger partial charge on any atom is 0.115 e. The van der Waals surface area contributed by atoms with E-state index in [1.165, 1.54) is 6.08 Å². The average Bonchev–Trinajstić information content (AvgIpc) is 2.92. The highest BCUT2D eigenvalue weighted by Crippen LogP contribution is 2.25. The number of benzene rings is 1. The number of imidazole rings is 1. The Hall–Kier alpha value is -2.36. The second-order valence-corrected chi connectivity index (χ2v) is 5.46. The Morgan fingerprint density at radius 2 is 2.09 bits per heavy atom. The number of aromatic nitrogens is 2. The number of halogens is 1. The van der Waals surface area contributed by atoms with Crippen molar-refractivity contribution in [3.63, 3.8) is 0 Å². The molecule has 0 fully saturated rings. The zero-order valence-corrected chi connectivity index (χ0v) is 13.0. The number of phenols is 1. The summed E-state index contributed by atoms with van der Waals surface area (Å²) in [7, 11) is 0. The van der Waals surface area contributed by atoms with Crippen molar-refractivity contribution in [3.8, 4) is 17.0 Å². The molecule has 3 nitrogen and oxygen atoms in total. The Bertz CT molecular complexity index is 671. The molecule has 2 aromatic rings. The van der Waals surface area contributed by atoms with E-state index < -0.39 is 0 Å². The molecule has 0 aliphatic rings. The standard InChI is InChI=1S/C18H21FN2O/c1-4-14(17(19)9-13(2)3)11-21-12-20-10-18(21)15-5-7-16(22)8-6-15/h5-10,12,14,22H,2,4,11H2,1,3H3/b17-9+/t14-/m0/s1. The third-order valence-corrected chi connectivity index (χ3v) is 3.56. The third-order valence-electron chi connectivity index (χ3n) is 3.56. The normalized spacial score (nSPS) is 13.1. The fourth-order valence-electron chi connectivity index (χ4n) is 2.34. The first-order valence-electron chi connectivity index (χ1n) is 7.33. The molecule has 2 rings (SSSR count). The number of phenolic OH excluding ortho intramolecular Hbond substituents is 1. The number of hydrogen-bond acceptors (Lipinski definition) is 2. The van der Waals surface area contributed by atoms with Gasteiger partial charge in [-0.15, -0.1) is 0 Å². The van der Waals surface area contributed by atoms with Gasteiger partial charge in [0.05, 0.1) is 18.2 Å². The van der Waals surface area contributed by atoms with Crippen LogP contribution in [0, 0.1) is 5.92 Å². The Balaban J connectivity index is 2.25. The van der Waals surface area contributed by atoms with Crippen LogP contribution in [0.1, 0.15) is 20.3 Å². The van der Waals surface area contributed by atoms with Crippen molar-refractivity contribution in [2.45, 2.75) is 26.8 Å². The monoisotopic (exact) mass is 300 g/mol. The topological polar surface area (TPSA) is 38.0 Å². The Morgan fingerprint density at radius 3 is 2.68 bits per heavy atom. The van der Waals surface area contributed by atoms with E-state index in [4.69, 9.17) is 0 Å². The molecule has 1 aromatic heterocycles. The fraction of sp³-hybridized carbons (Fsp3) is 0.278. The molecule has 1 aromatic carbocycles. The van der Waals surface area contributed by atoms with Gasteiger partial charge in [0.2, 0.25) is 0 Å². The predicted octanol–water partition coefficient (Wildman–Crippen LogP) is 4.71. The number of rotatable bonds is 6. The summed E-state index contributed by atoms with van der Waals surface area (Å²) in [6.07, 6.45) is 5.65.